The molecule has 0 spiro atoms. The number of anilines is 1. The van der Waals surface area contributed by atoms with Crippen molar-refractivity contribution in [3.05, 3.63) is 29.3 Å². The molecule has 1 aliphatic rings. The largest absolute Gasteiger partial charge is 0.376 e. The topological polar surface area (TPSA) is 90.5 Å². The van der Waals surface area contributed by atoms with Crippen LogP contribution < -0.4 is 16.0 Å². The highest BCUT2D eigenvalue weighted by molar-refractivity contribution is 5.97. The van der Waals surface area contributed by atoms with E-state index >= 15 is 0 Å². The Morgan fingerprint density at radius 3 is 2.64 bits per heavy atom. The maximum absolute atomic E-state index is 12.7. The number of likely N-dealkylation sites (tertiary alicyclic amines) is 1. The van der Waals surface area contributed by atoms with Crippen molar-refractivity contribution in [3.8, 4) is 0 Å². The number of carbonyl (C=O) groups is 3. The van der Waals surface area contributed by atoms with Crippen molar-refractivity contribution in [3.63, 3.8) is 0 Å². The van der Waals surface area contributed by atoms with Crippen LogP contribution in [0.1, 0.15) is 42.1 Å². The highest BCUT2D eigenvalue weighted by Gasteiger charge is 2.24. The first kappa shape index (κ1) is 18.8. The van der Waals surface area contributed by atoms with E-state index in [9.17, 15) is 14.4 Å². The van der Waals surface area contributed by atoms with Gasteiger partial charge in [-0.3, -0.25) is 14.9 Å². The van der Waals surface area contributed by atoms with Crippen LogP contribution in [0.4, 0.5) is 10.5 Å². The van der Waals surface area contributed by atoms with Gasteiger partial charge in [-0.15, -0.1) is 0 Å². The summed E-state index contributed by atoms with van der Waals surface area (Å²) in [7, 11) is 1.44. The third-order valence-corrected chi connectivity index (χ3v) is 4.46. The predicted molar refractivity (Wildman–Crippen MR) is 96.6 cm³/mol. The fourth-order valence-electron chi connectivity index (χ4n) is 2.97. The zero-order valence-electron chi connectivity index (χ0n) is 15.0. The van der Waals surface area contributed by atoms with Gasteiger partial charge in [0.05, 0.1) is 6.54 Å². The van der Waals surface area contributed by atoms with Gasteiger partial charge >= 0.3 is 6.03 Å². The third kappa shape index (κ3) is 4.95. The SMILES string of the molecule is CNC(=O)NC(=O)CNc1ccc(C(=O)N2CCCCC2C)cc1C. The van der Waals surface area contributed by atoms with Gasteiger partial charge in [0.2, 0.25) is 5.91 Å². The van der Waals surface area contributed by atoms with Crippen LogP contribution >= 0.6 is 0 Å². The normalized spacial score (nSPS) is 16.9. The van der Waals surface area contributed by atoms with E-state index in [1.54, 1.807) is 12.1 Å². The van der Waals surface area contributed by atoms with Crippen molar-refractivity contribution in [1.82, 2.24) is 15.5 Å². The van der Waals surface area contributed by atoms with E-state index in [2.05, 4.69) is 22.9 Å². The Bertz CT molecular complexity index is 660. The van der Waals surface area contributed by atoms with Crippen LogP contribution in [0, 0.1) is 6.92 Å². The number of urea groups is 1. The number of piperidine rings is 1. The van der Waals surface area contributed by atoms with E-state index in [-0.39, 0.29) is 18.5 Å². The first-order valence-corrected chi connectivity index (χ1v) is 8.59. The highest BCUT2D eigenvalue weighted by atomic mass is 16.2. The van der Waals surface area contributed by atoms with Gasteiger partial charge in [0.25, 0.3) is 5.91 Å². The van der Waals surface area contributed by atoms with E-state index in [1.807, 2.05) is 17.9 Å². The predicted octanol–water partition coefficient (Wildman–Crippen LogP) is 1.88. The van der Waals surface area contributed by atoms with Gasteiger partial charge in [0, 0.05) is 30.9 Å². The standard InChI is InChI=1S/C18H26N4O3/c1-12-10-14(17(24)22-9-5-4-6-13(22)2)7-8-15(12)20-11-16(23)21-18(25)19-3/h7-8,10,13,20H,4-6,9,11H2,1-3H3,(H2,19,21,23,25). The maximum atomic E-state index is 12.7. The molecule has 25 heavy (non-hydrogen) atoms. The Kier molecular flexibility index (Phi) is 6.38. The number of amides is 4. The van der Waals surface area contributed by atoms with E-state index < -0.39 is 11.9 Å². The van der Waals surface area contributed by atoms with Gasteiger partial charge in [0.15, 0.2) is 0 Å². The van der Waals surface area contributed by atoms with Crippen molar-refractivity contribution < 1.29 is 14.4 Å². The van der Waals surface area contributed by atoms with Gasteiger partial charge in [-0.1, -0.05) is 0 Å². The molecular formula is C18H26N4O3. The number of imide groups is 1. The summed E-state index contributed by atoms with van der Waals surface area (Å²) in [4.78, 5) is 37.3. The maximum Gasteiger partial charge on any atom is 0.321 e. The van der Waals surface area contributed by atoms with Crippen LogP contribution in [0.3, 0.4) is 0 Å². The molecule has 0 bridgehead atoms. The van der Waals surface area contributed by atoms with Crippen LogP contribution in [-0.2, 0) is 4.79 Å². The summed E-state index contributed by atoms with van der Waals surface area (Å²) in [5.74, 6) is -0.375. The summed E-state index contributed by atoms with van der Waals surface area (Å²) in [6.45, 7) is 4.75. The molecule has 0 aliphatic carbocycles. The minimum atomic E-state index is -0.542. The summed E-state index contributed by atoms with van der Waals surface area (Å²) in [5.41, 5.74) is 2.30. The number of nitrogens with zero attached hydrogens (tertiary/aromatic N) is 1. The molecule has 4 amide bonds. The molecule has 1 aromatic rings. The van der Waals surface area contributed by atoms with Crippen molar-refractivity contribution >= 4 is 23.5 Å². The minimum absolute atomic E-state index is 0.0231. The number of hydrogen-bond donors (Lipinski definition) is 3. The molecule has 1 saturated heterocycles. The van der Waals surface area contributed by atoms with Gasteiger partial charge in [-0.05, 0) is 56.9 Å². The van der Waals surface area contributed by atoms with Crippen LogP contribution in [0.5, 0.6) is 0 Å². The lowest BCUT2D eigenvalue weighted by atomic mass is 10.0. The Morgan fingerprint density at radius 2 is 2.00 bits per heavy atom. The van der Waals surface area contributed by atoms with Crippen LogP contribution in [-0.4, -0.2) is 48.9 Å². The van der Waals surface area contributed by atoms with E-state index in [4.69, 9.17) is 0 Å². The van der Waals surface area contributed by atoms with Gasteiger partial charge in [-0.25, -0.2) is 4.79 Å². The molecule has 1 fully saturated rings. The second kappa shape index (κ2) is 8.50. The average Bonchev–Trinajstić information content (AvgIpc) is 2.60. The van der Waals surface area contributed by atoms with Crippen molar-refractivity contribution in [2.24, 2.45) is 0 Å². The second-order valence-corrected chi connectivity index (χ2v) is 6.35. The van der Waals surface area contributed by atoms with Gasteiger partial charge in [-0.2, -0.15) is 0 Å². The van der Waals surface area contributed by atoms with Crippen LogP contribution in [0.15, 0.2) is 18.2 Å². The van der Waals surface area contributed by atoms with Gasteiger partial charge in [0.1, 0.15) is 0 Å². The zero-order chi connectivity index (χ0) is 18.4. The summed E-state index contributed by atoms with van der Waals surface area (Å²) in [6.07, 6.45) is 3.27. The third-order valence-electron chi connectivity index (χ3n) is 4.46. The number of benzene rings is 1. The Hall–Kier alpha value is -2.57. The molecule has 2 rings (SSSR count). The molecule has 1 heterocycles. The molecule has 3 N–H and O–H groups in total. The van der Waals surface area contributed by atoms with Crippen LogP contribution in [0.2, 0.25) is 0 Å². The molecule has 136 valence electrons. The fourth-order valence-corrected chi connectivity index (χ4v) is 2.97. The molecule has 1 unspecified atom stereocenters. The number of aryl methyl sites for hydroxylation is 1. The number of rotatable bonds is 4. The first-order chi connectivity index (χ1) is 11.9. The number of carbonyl (C=O) groups excluding carboxylic acids is 3. The number of nitrogens with one attached hydrogen (secondary N) is 3. The van der Waals surface area contributed by atoms with E-state index in [0.29, 0.717) is 5.56 Å². The lowest BCUT2D eigenvalue weighted by Crippen LogP contribution is -2.42. The molecule has 0 saturated carbocycles. The lowest BCUT2D eigenvalue weighted by Gasteiger charge is -2.33. The summed E-state index contributed by atoms with van der Waals surface area (Å²) in [5, 5.41) is 7.48. The van der Waals surface area contributed by atoms with Crippen molar-refractivity contribution in [2.45, 2.75) is 39.2 Å². The highest BCUT2D eigenvalue weighted by Crippen LogP contribution is 2.22. The van der Waals surface area contributed by atoms with Crippen LogP contribution in [0.25, 0.3) is 0 Å². The number of hydrogen-bond acceptors (Lipinski definition) is 4. The molecule has 0 radical (unpaired) electrons. The monoisotopic (exact) mass is 346 g/mol. The molecule has 0 aromatic heterocycles. The van der Waals surface area contributed by atoms with Crippen molar-refractivity contribution in [1.29, 1.82) is 0 Å². The first-order valence-electron chi connectivity index (χ1n) is 8.59. The Labute approximate surface area is 148 Å². The minimum Gasteiger partial charge on any atom is -0.376 e. The molecule has 7 heteroatoms. The molecule has 1 atom stereocenters. The molecule has 1 aromatic carbocycles. The second-order valence-electron chi connectivity index (χ2n) is 6.35. The molecule has 1 aliphatic heterocycles. The lowest BCUT2D eigenvalue weighted by molar-refractivity contribution is -0.118. The summed E-state index contributed by atoms with van der Waals surface area (Å²) < 4.78 is 0. The Balaban J connectivity index is 1.99. The zero-order valence-corrected chi connectivity index (χ0v) is 15.0. The Morgan fingerprint density at radius 1 is 1.24 bits per heavy atom. The fraction of sp³-hybridized carbons (Fsp3) is 0.500. The smallest absolute Gasteiger partial charge is 0.321 e. The quantitative estimate of drug-likeness (QED) is 0.776. The summed E-state index contributed by atoms with van der Waals surface area (Å²) >= 11 is 0. The molecule has 7 nitrogen and oxygen atoms in total. The van der Waals surface area contributed by atoms with E-state index in [1.165, 1.54) is 13.5 Å². The average molecular weight is 346 g/mol. The van der Waals surface area contributed by atoms with Gasteiger partial charge < -0.3 is 15.5 Å². The van der Waals surface area contributed by atoms with Crippen molar-refractivity contribution in [2.75, 3.05) is 25.5 Å². The molecular weight excluding hydrogens is 320 g/mol. The summed E-state index contributed by atoms with van der Waals surface area (Å²) in [6, 6.07) is 5.13. The van der Waals surface area contributed by atoms with E-state index in [0.717, 1.165) is 30.6 Å².